The normalized spacial score (nSPS) is 13.7. The highest BCUT2D eigenvalue weighted by Gasteiger charge is 2.25. The molecule has 0 atom stereocenters. The van der Waals surface area contributed by atoms with E-state index in [2.05, 4.69) is 4.99 Å². The zero-order valence-corrected chi connectivity index (χ0v) is 12.4. The molecule has 0 spiro atoms. The van der Waals surface area contributed by atoms with E-state index in [0.717, 1.165) is 11.4 Å². The van der Waals surface area contributed by atoms with Crippen LogP contribution in [0.4, 0.5) is 5.69 Å². The number of nitro groups is 1. The number of rotatable bonds is 4. The van der Waals surface area contributed by atoms with E-state index in [0.29, 0.717) is 25.1 Å². The van der Waals surface area contributed by atoms with Gasteiger partial charge in [0.1, 0.15) is 5.84 Å². The quantitative estimate of drug-likeness (QED) is 0.643. The lowest BCUT2D eigenvalue weighted by Gasteiger charge is -2.18. The Labute approximate surface area is 133 Å². The lowest BCUT2D eigenvalue weighted by Crippen LogP contribution is -2.35. The predicted octanol–water partition coefficient (Wildman–Crippen LogP) is 2.69. The molecule has 6 heteroatoms. The predicted molar refractivity (Wildman–Crippen MR) is 86.6 cm³/mol. The summed E-state index contributed by atoms with van der Waals surface area (Å²) in [6.45, 7) is 1.12. The van der Waals surface area contributed by atoms with Crippen LogP contribution in [0.3, 0.4) is 0 Å². The monoisotopic (exact) mass is 309 g/mol. The number of hydrogen-bond donors (Lipinski definition) is 0. The van der Waals surface area contributed by atoms with Crippen LogP contribution in [0.5, 0.6) is 0 Å². The third-order valence-electron chi connectivity index (χ3n) is 3.70. The number of carbonyl (C=O) groups is 1. The summed E-state index contributed by atoms with van der Waals surface area (Å²) in [5, 5.41) is 10.7. The largest absolute Gasteiger partial charge is 0.294 e. The molecule has 0 unspecified atom stereocenters. The molecule has 0 aromatic heterocycles. The molecule has 0 saturated heterocycles. The first-order valence-corrected chi connectivity index (χ1v) is 7.29. The maximum absolute atomic E-state index is 12.6. The van der Waals surface area contributed by atoms with Crippen LogP contribution in [0.2, 0.25) is 0 Å². The number of hydrogen-bond acceptors (Lipinski definition) is 4. The number of non-ortho nitro benzene ring substituents is 1. The minimum Gasteiger partial charge on any atom is -0.294 e. The molecule has 1 heterocycles. The Morgan fingerprint density at radius 3 is 2.48 bits per heavy atom. The van der Waals surface area contributed by atoms with Gasteiger partial charge < -0.3 is 0 Å². The van der Waals surface area contributed by atoms with Crippen LogP contribution >= 0.6 is 0 Å². The Morgan fingerprint density at radius 2 is 1.83 bits per heavy atom. The van der Waals surface area contributed by atoms with Crippen LogP contribution in [-0.4, -0.2) is 34.7 Å². The van der Waals surface area contributed by atoms with Crippen LogP contribution in [0.15, 0.2) is 59.6 Å². The smallest absolute Gasteiger partial charge is 0.269 e. The van der Waals surface area contributed by atoms with E-state index in [9.17, 15) is 14.9 Å². The molecule has 0 N–H and O–H groups in total. The van der Waals surface area contributed by atoms with Gasteiger partial charge >= 0.3 is 0 Å². The number of benzene rings is 2. The minimum atomic E-state index is -0.480. The molecule has 2 aromatic carbocycles. The summed E-state index contributed by atoms with van der Waals surface area (Å²) in [5.41, 5.74) is 1.49. The lowest BCUT2D eigenvalue weighted by molar-refractivity contribution is -0.384. The molecule has 1 aliphatic heterocycles. The van der Waals surface area contributed by atoms with Crippen molar-refractivity contribution in [3.8, 4) is 0 Å². The highest BCUT2D eigenvalue weighted by atomic mass is 16.6. The van der Waals surface area contributed by atoms with Crippen molar-refractivity contribution in [1.29, 1.82) is 0 Å². The van der Waals surface area contributed by atoms with Crippen LogP contribution in [-0.2, 0) is 6.42 Å². The molecule has 2 aromatic rings. The summed E-state index contributed by atoms with van der Waals surface area (Å²) in [5.74, 6) is 0.562. The molecule has 116 valence electrons. The number of nitro benzene ring substituents is 1. The van der Waals surface area contributed by atoms with Gasteiger partial charge in [0, 0.05) is 30.7 Å². The van der Waals surface area contributed by atoms with E-state index in [-0.39, 0.29) is 11.6 Å². The Morgan fingerprint density at radius 1 is 1.13 bits per heavy atom. The number of amides is 1. The molecule has 23 heavy (non-hydrogen) atoms. The van der Waals surface area contributed by atoms with Crippen molar-refractivity contribution in [3.05, 3.63) is 75.8 Å². The summed E-state index contributed by atoms with van der Waals surface area (Å²) in [6, 6.07) is 15.5. The van der Waals surface area contributed by atoms with E-state index in [1.807, 2.05) is 30.3 Å². The van der Waals surface area contributed by atoms with Crippen molar-refractivity contribution in [1.82, 2.24) is 4.90 Å². The summed E-state index contributed by atoms with van der Waals surface area (Å²) in [6.07, 6.45) is 0.597. The van der Waals surface area contributed by atoms with Crippen molar-refractivity contribution in [2.75, 3.05) is 13.1 Å². The van der Waals surface area contributed by atoms with Crippen LogP contribution in [0, 0.1) is 10.1 Å². The Bertz CT molecular complexity index is 754. The van der Waals surface area contributed by atoms with Crippen molar-refractivity contribution in [3.63, 3.8) is 0 Å². The van der Waals surface area contributed by atoms with E-state index in [1.165, 1.54) is 24.3 Å². The van der Waals surface area contributed by atoms with Gasteiger partial charge in [0.2, 0.25) is 0 Å². The first kappa shape index (κ1) is 14.9. The molecule has 6 nitrogen and oxygen atoms in total. The maximum Gasteiger partial charge on any atom is 0.269 e. The first-order chi connectivity index (χ1) is 11.1. The fourth-order valence-electron chi connectivity index (χ4n) is 2.52. The Kier molecular flexibility index (Phi) is 4.14. The van der Waals surface area contributed by atoms with E-state index in [4.69, 9.17) is 0 Å². The molecule has 0 saturated carbocycles. The van der Waals surface area contributed by atoms with Gasteiger partial charge in [0.25, 0.3) is 11.6 Å². The van der Waals surface area contributed by atoms with Gasteiger partial charge in [0.05, 0.1) is 11.5 Å². The maximum atomic E-state index is 12.6. The molecule has 0 fully saturated rings. The number of amidine groups is 1. The van der Waals surface area contributed by atoms with Crippen molar-refractivity contribution >= 4 is 17.4 Å². The van der Waals surface area contributed by atoms with E-state index < -0.39 is 4.92 Å². The second-order valence-electron chi connectivity index (χ2n) is 5.22. The van der Waals surface area contributed by atoms with Gasteiger partial charge in [-0.2, -0.15) is 0 Å². The van der Waals surface area contributed by atoms with Gasteiger partial charge in [-0.15, -0.1) is 0 Å². The zero-order chi connectivity index (χ0) is 16.2. The van der Waals surface area contributed by atoms with Gasteiger partial charge in [0.15, 0.2) is 0 Å². The second kappa shape index (κ2) is 6.39. The highest BCUT2D eigenvalue weighted by Crippen LogP contribution is 2.16. The first-order valence-electron chi connectivity index (χ1n) is 7.29. The summed E-state index contributed by atoms with van der Waals surface area (Å²) in [7, 11) is 0. The van der Waals surface area contributed by atoms with Crippen LogP contribution in [0.1, 0.15) is 15.9 Å². The minimum absolute atomic E-state index is 0.0267. The average Bonchev–Trinajstić information content (AvgIpc) is 3.03. The molecular formula is C17H15N3O3. The van der Waals surface area contributed by atoms with Gasteiger partial charge in [-0.3, -0.25) is 24.8 Å². The number of aliphatic imine (C=N–C) groups is 1. The van der Waals surface area contributed by atoms with E-state index >= 15 is 0 Å². The molecule has 1 amide bonds. The molecule has 3 rings (SSSR count). The fourth-order valence-corrected chi connectivity index (χ4v) is 2.52. The van der Waals surface area contributed by atoms with Crippen molar-refractivity contribution in [2.45, 2.75) is 6.42 Å². The average molecular weight is 309 g/mol. The fraction of sp³-hybridized carbons (Fsp3) is 0.176. The second-order valence-corrected chi connectivity index (χ2v) is 5.22. The lowest BCUT2D eigenvalue weighted by atomic mass is 10.1. The van der Waals surface area contributed by atoms with Gasteiger partial charge in [-0.25, -0.2) is 0 Å². The highest BCUT2D eigenvalue weighted by molar-refractivity contribution is 6.07. The van der Waals surface area contributed by atoms with Crippen molar-refractivity contribution in [2.24, 2.45) is 4.99 Å². The molecule has 0 aliphatic carbocycles. The number of nitrogens with zero attached hydrogens (tertiary/aromatic N) is 3. The molecular weight excluding hydrogens is 294 g/mol. The standard InChI is InChI=1S/C17H15N3O3/c21-17(14-6-8-15(9-7-14)20(22)23)19-11-10-18-16(19)12-13-4-2-1-3-5-13/h1-9H,10-12H2. The summed E-state index contributed by atoms with van der Waals surface area (Å²) in [4.78, 5) is 28.9. The Hall–Kier alpha value is -3.02. The van der Waals surface area contributed by atoms with Crippen LogP contribution < -0.4 is 0 Å². The Balaban J connectivity index is 1.76. The third kappa shape index (κ3) is 3.26. The molecule has 1 aliphatic rings. The van der Waals surface area contributed by atoms with Gasteiger partial charge in [-0.05, 0) is 17.7 Å². The topological polar surface area (TPSA) is 75.8 Å². The zero-order valence-electron chi connectivity index (χ0n) is 12.4. The molecule has 0 bridgehead atoms. The SMILES string of the molecule is O=C(c1ccc([N+](=O)[O-])cc1)N1CCN=C1Cc1ccccc1. The van der Waals surface area contributed by atoms with E-state index in [1.54, 1.807) is 4.90 Å². The third-order valence-corrected chi connectivity index (χ3v) is 3.70. The summed E-state index contributed by atoms with van der Waals surface area (Å²) >= 11 is 0. The summed E-state index contributed by atoms with van der Waals surface area (Å²) < 4.78 is 0. The van der Waals surface area contributed by atoms with Crippen molar-refractivity contribution < 1.29 is 9.72 Å². The number of carbonyl (C=O) groups excluding carboxylic acids is 1. The van der Waals surface area contributed by atoms with Crippen LogP contribution in [0.25, 0.3) is 0 Å². The molecule has 0 radical (unpaired) electrons. The van der Waals surface area contributed by atoms with Gasteiger partial charge in [-0.1, -0.05) is 30.3 Å².